The first kappa shape index (κ1) is 19.9. The van der Waals surface area contributed by atoms with E-state index in [0.29, 0.717) is 0 Å². The zero-order valence-corrected chi connectivity index (χ0v) is 14.8. The van der Waals surface area contributed by atoms with Crippen LogP contribution in [0.3, 0.4) is 0 Å². The Balaban J connectivity index is 2.68. The van der Waals surface area contributed by atoms with Crippen LogP contribution in [0.2, 0.25) is 0 Å². The van der Waals surface area contributed by atoms with Crippen molar-refractivity contribution in [2.24, 2.45) is 5.92 Å². The summed E-state index contributed by atoms with van der Waals surface area (Å²) in [5, 5.41) is 2.89. The second-order valence-corrected chi connectivity index (χ2v) is 6.01. The number of hydrogen-bond donors (Lipinski definition) is 1. The fraction of sp³-hybridized carbons (Fsp3) is 0.474. The highest BCUT2D eigenvalue weighted by Crippen LogP contribution is 2.15. The average molecular weight is 333 g/mol. The highest BCUT2D eigenvalue weighted by Gasteiger charge is 2.29. The lowest BCUT2D eigenvalue weighted by atomic mass is 10.0. The number of rotatable bonds is 9. The summed E-state index contributed by atoms with van der Waals surface area (Å²) in [5.74, 6) is -1.02. The van der Waals surface area contributed by atoms with Crippen LogP contribution in [-0.4, -0.2) is 30.7 Å². The highest BCUT2D eigenvalue weighted by molar-refractivity contribution is 5.85. The number of carbonyl (C=O) groups excluding carboxylic acids is 2. The smallest absolute Gasteiger partial charge is 0.335 e. The molecule has 0 fully saturated rings. The lowest BCUT2D eigenvalue weighted by molar-refractivity contribution is -0.168. The molecule has 1 aromatic carbocycles. The molecule has 0 saturated heterocycles. The van der Waals surface area contributed by atoms with E-state index in [-0.39, 0.29) is 24.5 Å². The number of esters is 1. The van der Waals surface area contributed by atoms with Gasteiger partial charge in [-0.2, -0.15) is 0 Å². The first-order valence-corrected chi connectivity index (χ1v) is 8.15. The minimum absolute atomic E-state index is 0.150. The lowest BCUT2D eigenvalue weighted by Gasteiger charge is -2.24. The van der Waals surface area contributed by atoms with E-state index in [1.807, 2.05) is 51.1 Å². The Morgan fingerprint density at radius 1 is 1.17 bits per heavy atom. The summed E-state index contributed by atoms with van der Waals surface area (Å²) in [6.07, 6.45) is -0.0557. The van der Waals surface area contributed by atoms with Crippen LogP contribution in [0.4, 0.5) is 0 Å². The van der Waals surface area contributed by atoms with E-state index < -0.39 is 18.2 Å². The first-order chi connectivity index (χ1) is 11.4. The van der Waals surface area contributed by atoms with Gasteiger partial charge in [0.1, 0.15) is 0 Å². The number of amides is 1. The zero-order chi connectivity index (χ0) is 18.1. The Kier molecular flexibility index (Phi) is 8.19. The van der Waals surface area contributed by atoms with Crippen LogP contribution in [0.25, 0.3) is 0 Å². The van der Waals surface area contributed by atoms with Gasteiger partial charge in [-0.3, -0.25) is 4.79 Å². The second kappa shape index (κ2) is 9.88. The van der Waals surface area contributed by atoms with Gasteiger partial charge in [0.05, 0.1) is 12.6 Å². The van der Waals surface area contributed by atoms with Crippen LogP contribution in [-0.2, 0) is 19.1 Å². The fourth-order valence-corrected chi connectivity index (χ4v) is 2.11. The van der Waals surface area contributed by atoms with E-state index >= 15 is 0 Å². The molecule has 1 amide bonds. The predicted octanol–water partition coefficient (Wildman–Crippen LogP) is 3.02. The molecule has 0 aliphatic rings. The third-order valence-electron chi connectivity index (χ3n) is 3.56. The number of nitrogens with one attached hydrogen (secondary N) is 1. The van der Waals surface area contributed by atoms with E-state index in [1.54, 1.807) is 13.0 Å². The van der Waals surface area contributed by atoms with Gasteiger partial charge in [0.2, 0.25) is 0 Å². The van der Waals surface area contributed by atoms with Crippen molar-refractivity contribution in [2.45, 2.75) is 45.9 Å². The Hall–Kier alpha value is -2.14. The lowest BCUT2D eigenvalue weighted by Crippen LogP contribution is -2.43. The fourth-order valence-electron chi connectivity index (χ4n) is 2.11. The molecular formula is C19H27NO4. The topological polar surface area (TPSA) is 64.6 Å². The maximum absolute atomic E-state index is 12.5. The molecule has 132 valence electrons. The maximum Gasteiger partial charge on any atom is 0.335 e. The number of benzene rings is 1. The van der Waals surface area contributed by atoms with Gasteiger partial charge in [-0.1, -0.05) is 50.3 Å². The number of hydrogen-bond acceptors (Lipinski definition) is 4. The SMILES string of the molecule is C=CCOC(C)C(=O)OC(C(=O)NC(C)c1ccccc1)C(C)C. The Bertz CT molecular complexity index is 542. The van der Waals surface area contributed by atoms with Crippen LogP contribution < -0.4 is 5.32 Å². The predicted molar refractivity (Wildman–Crippen MR) is 93.3 cm³/mol. The van der Waals surface area contributed by atoms with Crippen LogP contribution in [0.15, 0.2) is 43.0 Å². The molecule has 0 aromatic heterocycles. The molecule has 0 bridgehead atoms. The largest absolute Gasteiger partial charge is 0.450 e. The van der Waals surface area contributed by atoms with Crippen molar-refractivity contribution in [3.8, 4) is 0 Å². The molecule has 0 heterocycles. The highest BCUT2D eigenvalue weighted by atomic mass is 16.6. The van der Waals surface area contributed by atoms with E-state index in [0.717, 1.165) is 5.56 Å². The third-order valence-corrected chi connectivity index (χ3v) is 3.56. The van der Waals surface area contributed by atoms with Crippen molar-refractivity contribution in [3.05, 3.63) is 48.6 Å². The van der Waals surface area contributed by atoms with Gasteiger partial charge in [-0.05, 0) is 25.3 Å². The Labute approximate surface area is 144 Å². The second-order valence-electron chi connectivity index (χ2n) is 6.01. The molecule has 1 aromatic rings. The van der Waals surface area contributed by atoms with Crippen molar-refractivity contribution >= 4 is 11.9 Å². The molecule has 5 nitrogen and oxygen atoms in total. The molecule has 24 heavy (non-hydrogen) atoms. The molecule has 0 spiro atoms. The van der Waals surface area contributed by atoms with Gasteiger partial charge in [0, 0.05) is 0 Å². The standard InChI is InChI=1S/C19H27NO4/c1-6-12-23-15(5)19(22)24-17(13(2)3)18(21)20-14(4)16-10-8-7-9-11-16/h6-11,13-15,17H,1,12H2,2-5H3,(H,20,21). The number of ether oxygens (including phenoxy) is 2. The molecule has 1 N–H and O–H groups in total. The monoisotopic (exact) mass is 333 g/mol. The first-order valence-electron chi connectivity index (χ1n) is 8.15. The van der Waals surface area contributed by atoms with E-state index in [2.05, 4.69) is 11.9 Å². The molecule has 1 rings (SSSR count). The van der Waals surface area contributed by atoms with Crippen LogP contribution in [0.5, 0.6) is 0 Å². The van der Waals surface area contributed by atoms with Gasteiger partial charge >= 0.3 is 5.97 Å². The summed E-state index contributed by atoms with van der Waals surface area (Å²) in [5.41, 5.74) is 0.988. The molecule has 5 heteroatoms. The number of carbonyl (C=O) groups is 2. The van der Waals surface area contributed by atoms with Crippen molar-refractivity contribution < 1.29 is 19.1 Å². The molecule has 0 aliphatic carbocycles. The Morgan fingerprint density at radius 2 is 1.79 bits per heavy atom. The third kappa shape index (κ3) is 6.16. The summed E-state index contributed by atoms with van der Waals surface area (Å²) < 4.78 is 10.6. The minimum atomic E-state index is -0.863. The van der Waals surface area contributed by atoms with Crippen molar-refractivity contribution in [3.63, 3.8) is 0 Å². The van der Waals surface area contributed by atoms with Gasteiger partial charge in [0.15, 0.2) is 12.2 Å². The normalized spacial score (nSPS) is 14.5. The van der Waals surface area contributed by atoms with Gasteiger partial charge in [0.25, 0.3) is 5.91 Å². The van der Waals surface area contributed by atoms with E-state index in [9.17, 15) is 9.59 Å². The van der Waals surface area contributed by atoms with Crippen LogP contribution in [0, 0.1) is 5.92 Å². The average Bonchev–Trinajstić information content (AvgIpc) is 2.57. The van der Waals surface area contributed by atoms with Crippen molar-refractivity contribution in [2.75, 3.05) is 6.61 Å². The van der Waals surface area contributed by atoms with E-state index in [1.165, 1.54) is 0 Å². The molecular weight excluding hydrogens is 306 g/mol. The van der Waals surface area contributed by atoms with Crippen LogP contribution >= 0.6 is 0 Å². The summed E-state index contributed by atoms with van der Waals surface area (Å²) >= 11 is 0. The summed E-state index contributed by atoms with van der Waals surface area (Å²) in [6.45, 7) is 10.9. The quantitative estimate of drug-likeness (QED) is 0.557. The molecule has 3 atom stereocenters. The summed E-state index contributed by atoms with van der Waals surface area (Å²) in [4.78, 5) is 24.6. The van der Waals surface area contributed by atoms with E-state index in [4.69, 9.17) is 9.47 Å². The zero-order valence-electron chi connectivity index (χ0n) is 14.8. The molecule has 0 saturated carbocycles. The van der Waals surface area contributed by atoms with Crippen LogP contribution in [0.1, 0.15) is 39.3 Å². The van der Waals surface area contributed by atoms with Gasteiger partial charge in [-0.15, -0.1) is 6.58 Å². The van der Waals surface area contributed by atoms with Gasteiger partial charge in [-0.25, -0.2) is 4.79 Å². The minimum Gasteiger partial charge on any atom is -0.450 e. The van der Waals surface area contributed by atoms with Crippen molar-refractivity contribution in [1.29, 1.82) is 0 Å². The Morgan fingerprint density at radius 3 is 2.33 bits per heavy atom. The molecule has 0 radical (unpaired) electrons. The summed E-state index contributed by atoms with van der Waals surface area (Å²) in [6, 6.07) is 9.45. The van der Waals surface area contributed by atoms with Gasteiger partial charge < -0.3 is 14.8 Å². The maximum atomic E-state index is 12.5. The molecule has 3 unspecified atom stereocenters. The molecule has 0 aliphatic heterocycles. The van der Waals surface area contributed by atoms with Crippen molar-refractivity contribution in [1.82, 2.24) is 5.32 Å². The summed E-state index contributed by atoms with van der Waals surface area (Å²) in [7, 11) is 0.